The van der Waals surface area contributed by atoms with E-state index in [1.165, 1.54) is 0 Å². The number of benzene rings is 1. The monoisotopic (exact) mass is 217 g/mol. The Balaban J connectivity index is 2.16. The molecule has 0 bridgehead atoms. The summed E-state index contributed by atoms with van der Waals surface area (Å²) in [5.74, 6) is 0.421. The molecular weight excluding hydrogens is 202 g/mol. The SMILES string of the molecule is CC(C)CNC(=O)c1ccc2cn[nH]c2c1. The second kappa shape index (κ2) is 4.35. The van der Waals surface area contributed by atoms with E-state index in [0.29, 0.717) is 18.0 Å². The zero-order valence-electron chi connectivity index (χ0n) is 9.45. The fraction of sp³-hybridized carbons (Fsp3) is 0.333. The van der Waals surface area contributed by atoms with Crippen LogP contribution in [-0.4, -0.2) is 22.6 Å². The maximum absolute atomic E-state index is 11.8. The van der Waals surface area contributed by atoms with Crippen LogP contribution in [0.15, 0.2) is 24.4 Å². The summed E-state index contributed by atoms with van der Waals surface area (Å²) in [6, 6.07) is 5.52. The molecule has 0 atom stereocenters. The molecule has 0 aliphatic rings. The van der Waals surface area contributed by atoms with E-state index in [1.54, 1.807) is 6.20 Å². The normalized spacial score (nSPS) is 10.9. The van der Waals surface area contributed by atoms with E-state index in [9.17, 15) is 4.79 Å². The van der Waals surface area contributed by atoms with E-state index >= 15 is 0 Å². The van der Waals surface area contributed by atoms with E-state index < -0.39 is 0 Å². The third-order valence-electron chi connectivity index (χ3n) is 2.37. The molecule has 1 amide bonds. The summed E-state index contributed by atoms with van der Waals surface area (Å²) < 4.78 is 0. The maximum Gasteiger partial charge on any atom is 0.251 e. The highest BCUT2D eigenvalue weighted by atomic mass is 16.1. The van der Waals surface area contributed by atoms with Crippen molar-refractivity contribution in [3.05, 3.63) is 30.0 Å². The average molecular weight is 217 g/mol. The molecule has 16 heavy (non-hydrogen) atoms. The lowest BCUT2D eigenvalue weighted by Gasteiger charge is -2.07. The van der Waals surface area contributed by atoms with Crippen molar-refractivity contribution in [2.75, 3.05) is 6.54 Å². The summed E-state index contributed by atoms with van der Waals surface area (Å²) in [6.45, 7) is 4.83. The number of H-pyrrole nitrogens is 1. The molecule has 2 aromatic rings. The molecule has 0 spiro atoms. The van der Waals surface area contributed by atoms with Gasteiger partial charge in [-0.3, -0.25) is 9.89 Å². The number of hydrogen-bond donors (Lipinski definition) is 2. The summed E-state index contributed by atoms with van der Waals surface area (Å²) >= 11 is 0. The summed E-state index contributed by atoms with van der Waals surface area (Å²) in [4.78, 5) is 11.8. The third-order valence-corrected chi connectivity index (χ3v) is 2.37. The molecule has 0 saturated carbocycles. The van der Waals surface area contributed by atoms with E-state index in [2.05, 4.69) is 29.4 Å². The molecule has 0 saturated heterocycles. The fourth-order valence-electron chi connectivity index (χ4n) is 1.48. The number of rotatable bonds is 3. The van der Waals surface area contributed by atoms with Crippen LogP contribution in [0.2, 0.25) is 0 Å². The van der Waals surface area contributed by atoms with Crippen molar-refractivity contribution in [2.24, 2.45) is 5.92 Å². The van der Waals surface area contributed by atoms with Gasteiger partial charge in [-0.25, -0.2) is 0 Å². The van der Waals surface area contributed by atoms with Crippen LogP contribution < -0.4 is 5.32 Å². The molecule has 1 aromatic carbocycles. The molecule has 84 valence electrons. The number of carbonyl (C=O) groups is 1. The van der Waals surface area contributed by atoms with Gasteiger partial charge in [-0.2, -0.15) is 5.10 Å². The standard InChI is InChI=1S/C12H15N3O/c1-8(2)6-13-12(16)9-3-4-10-7-14-15-11(10)5-9/h3-5,7-8H,6H2,1-2H3,(H,13,16)(H,14,15). The first-order valence-electron chi connectivity index (χ1n) is 5.38. The Morgan fingerprint density at radius 1 is 1.50 bits per heavy atom. The smallest absolute Gasteiger partial charge is 0.251 e. The lowest BCUT2D eigenvalue weighted by molar-refractivity contribution is 0.0949. The number of aromatic amines is 1. The molecule has 2 N–H and O–H groups in total. The van der Waals surface area contributed by atoms with Gasteiger partial charge in [0.1, 0.15) is 0 Å². The van der Waals surface area contributed by atoms with Crippen molar-refractivity contribution in [1.29, 1.82) is 0 Å². The van der Waals surface area contributed by atoms with Crippen molar-refractivity contribution in [1.82, 2.24) is 15.5 Å². The number of fused-ring (bicyclic) bond motifs is 1. The highest BCUT2D eigenvalue weighted by Gasteiger charge is 2.07. The zero-order valence-corrected chi connectivity index (χ0v) is 9.45. The van der Waals surface area contributed by atoms with Crippen molar-refractivity contribution in [3.63, 3.8) is 0 Å². The zero-order chi connectivity index (χ0) is 11.5. The molecular formula is C12H15N3O. The Labute approximate surface area is 94.0 Å². The van der Waals surface area contributed by atoms with Gasteiger partial charge in [0.15, 0.2) is 0 Å². The van der Waals surface area contributed by atoms with E-state index in [1.807, 2.05) is 18.2 Å². The van der Waals surface area contributed by atoms with Gasteiger partial charge in [0.05, 0.1) is 11.7 Å². The quantitative estimate of drug-likeness (QED) is 0.825. The summed E-state index contributed by atoms with van der Waals surface area (Å²) in [5, 5.41) is 10.7. The largest absolute Gasteiger partial charge is 0.352 e. The summed E-state index contributed by atoms with van der Waals surface area (Å²) in [5.41, 5.74) is 1.55. The first-order valence-corrected chi connectivity index (χ1v) is 5.38. The Hall–Kier alpha value is -1.84. The molecule has 1 heterocycles. The predicted octanol–water partition coefficient (Wildman–Crippen LogP) is 1.95. The van der Waals surface area contributed by atoms with Crippen LogP contribution in [0.3, 0.4) is 0 Å². The van der Waals surface area contributed by atoms with Gasteiger partial charge in [0, 0.05) is 17.5 Å². The Morgan fingerprint density at radius 3 is 3.06 bits per heavy atom. The highest BCUT2D eigenvalue weighted by Crippen LogP contribution is 2.12. The van der Waals surface area contributed by atoms with Gasteiger partial charge in [0.25, 0.3) is 5.91 Å². The molecule has 4 heteroatoms. The Morgan fingerprint density at radius 2 is 2.31 bits per heavy atom. The van der Waals surface area contributed by atoms with E-state index in [4.69, 9.17) is 0 Å². The number of aromatic nitrogens is 2. The maximum atomic E-state index is 11.8. The number of amides is 1. The van der Waals surface area contributed by atoms with E-state index in [-0.39, 0.29) is 5.91 Å². The fourth-order valence-corrected chi connectivity index (χ4v) is 1.48. The minimum Gasteiger partial charge on any atom is -0.352 e. The molecule has 0 fully saturated rings. The Bertz CT molecular complexity index is 502. The number of hydrogen-bond acceptors (Lipinski definition) is 2. The number of nitrogens with zero attached hydrogens (tertiary/aromatic N) is 1. The van der Waals surface area contributed by atoms with Gasteiger partial charge in [0.2, 0.25) is 0 Å². The third kappa shape index (κ3) is 2.21. The van der Waals surface area contributed by atoms with Crippen LogP contribution in [-0.2, 0) is 0 Å². The first kappa shape index (κ1) is 10.7. The van der Waals surface area contributed by atoms with Crippen LogP contribution in [0, 0.1) is 5.92 Å². The predicted molar refractivity (Wildman–Crippen MR) is 63.3 cm³/mol. The van der Waals surface area contributed by atoms with Gasteiger partial charge >= 0.3 is 0 Å². The summed E-state index contributed by atoms with van der Waals surface area (Å²) in [7, 11) is 0. The second-order valence-electron chi connectivity index (χ2n) is 4.28. The molecule has 1 aromatic heterocycles. The minimum atomic E-state index is -0.0369. The van der Waals surface area contributed by atoms with E-state index in [0.717, 1.165) is 10.9 Å². The summed E-state index contributed by atoms with van der Waals surface area (Å²) in [6.07, 6.45) is 1.74. The van der Waals surface area contributed by atoms with Crippen LogP contribution in [0.1, 0.15) is 24.2 Å². The molecule has 0 aliphatic heterocycles. The van der Waals surface area contributed by atoms with Crippen molar-refractivity contribution < 1.29 is 4.79 Å². The molecule has 0 aliphatic carbocycles. The van der Waals surface area contributed by atoms with Crippen molar-refractivity contribution >= 4 is 16.8 Å². The van der Waals surface area contributed by atoms with Crippen LogP contribution in [0.25, 0.3) is 10.9 Å². The lowest BCUT2D eigenvalue weighted by Crippen LogP contribution is -2.27. The van der Waals surface area contributed by atoms with Crippen LogP contribution in [0.5, 0.6) is 0 Å². The van der Waals surface area contributed by atoms with Gasteiger partial charge in [-0.05, 0) is 18.1 Å². The topological polar surface area (TPSA) is 57.8 Å². The number of nitrogens with one attached hydrogen (secondary N) is 2. The van der Waals surface area contributed by atoms with Crippen molar-refractivity contribution in [3.8, 4) is 0 Å². The lowest BCUT2D eigenvalue weighted by atomic mass is 10.1. The first-order chi connectivity index (χ1) is 7.66. The van der Waals surface area contributed by atoms with Crippen LogP contribution >= 0.6 is 0 Å². The molecule has 0 radical (unpaired) electrons. The van der Waals surface area contributed by atoms with Gasteiger partial charge < -0.3 is 5.32 Å². The second-order valence-corrected chi connectivity index (χ2v) is 4.28. The Kier molecular flexibility index (Phi) is 2.90. The van der Waals surface area contributed by atoms with Gasteiger partial charge in [-0.15, -0.1) is 0 Å². The van der Waals surface area contributed by atoms with Gasteiger partial charge in [-0.1, -0.05) is 19.9 Å². The minimum absolute atomic E-state index is 0.0369. The highest BCUT2D eigenvalue weighted by molar-refractivity contribution is 5.97. The van der Waals surface area contributed by atoms with Crippen LogP contribution in [0.4, 0.5) is 0 Å². The average Bonchev–Trinajstić information content (AvgIpc) is 2.72. The molecule has 0 unspecified atom stereocenters. The number of carbonyl (C=O) groups excluding carboxylic acids is 1. The molecule has 2 rings (SSSR count). The molecule has 4 nitrogen and oxygen atoms in total. The van der Waals surface area contributed by atoms with Crippen molar-refractivity contribution in [2.45, 2.75) is 13.8 Å².